The van der Waals surface area contributed by atoms with E-state index in [1.165, 1.54) is 0 Å². The van der Waals surface area contributed by atoms with Gasteiger partial charge in [0, 0.05) is 22.5 Å². The van der Waals surface area contributed by atoms with Crippen molar-refractivity contribution in [3.05, 3.63) is 34.6 Å². The first-order chi connectivity index (χ1) is 9.04. The van der Waals surface area contributed by atoms with Crippen LogP contribution in [0, 0.1) is 0 Å². The Bertz CT molecular complexity index is 573. The minimum absolute atomic E-state index is 0.370. The molecule has 0 amide bonds. The van der Waals surface area contributed by atoms with Crippen LogP contribution in [0.3, 0.4) is 0 Å². The van der Waals surface area contributed by atoms with E-state index in [2.05, 4.69) is 47.3 Å². The standard InChI is InChI=1S/C15H20BrN3/c1-4-8-19-14(17)13(18-15(19)10(2)3)11-6-5-7-12(16)9-11/h5-7,9-10H,4,8,17H2,1-3H3. The molecular weight excluding hydrogens is 302 g/mol. The van der Waals surface area contributed by atoms with E-state index in [0.29, 0.717) is 5.92 Å². The van der Waals surface area contributed by atoms with E-state index in [0.717, 1.165) is 40.3 Å². The lowest BCUT2D eigenvalue weighted by Gasteiger charge is -2.10. The molecule has 0 atom stereocenters. The van der Waals surface area contributed by atoms with Crippen LogP contribution in [-0.4, -0.2) is 9.55 Å². The van der Waals surface area contributed by atoms with Crippen molar-refractivity contribution in [1.82, 2.24) is 9.55 Å². The molecule has 0 spiro atoms. The molecule has 0 aliphatic carbocycles. The summed E-state index contributed by atoms with van der Waals surface area (Å²) in [5, 5.41) is 0. The van der Waals surface area contributed by atoms with Crippen molar-refractivity contribution in [2.75, 3.05) is 5.73 Å². The minimum Gasteiger partial charge on any atom is -0.383 e. The number of nitrogens with zero attached hydrogens (tertiary/aromatic N) is 2. The molecule has 0 unspecified atom stereocenters. The van der Waals surface area contributed by atoms with Crippen LogP contribution in [0.2, 0.25) is 0 Å². The summed E-state index contributed by atoms with van der Waals surface area (Å²) in [6.07, 6.45) is 1.05. The fourth-order valence-electron chi connectivity index (χ4n) is 2.23. The fraction of sp³-hybridized carbons (Fsp3) is 0.400. The summed E-state index contributed by atoms with van der Waals surface area (Å²) in [5.74, 6) is 2.20. The maximum atomic E-state index is 6.30. The number of hydrogen-bond acceptors (Lipinski definition) is 2. The zero-order valence-electron chi connectivity index (χ0n) is 11.7. The number of anilines is 1. The molecule has 102 valence electrons. The van der Waals surface area contributed by atoms with E-state index in [1.807, 2.05) is 18.2 Å². The van der Waals surface area contributed by atoms with Crippen LogP contribution < -0.4 is 5.73 Å². The molecule has 0 saturated carbocycles. The minimum atomic E-state index is 0.370. The van der Waals surface area contributed by atoms with Crippen LogP contribution in [0.25, 0.3) is 11.3 Å². The molecule has 2 N–H and O–H groups in total. The number of halogens is 1. The van der Waals surface area contributed by atoms with E-state index in [4.69, 9.17) is 10.7 Å². The number of hydrogen-bond donors (Lipinski definition) is 1. The zero-order valence-corrected chi connectivity index (χ0v) is 13.2. The third kappa shape index (κ3) is 2.84. The summed E-state index contributed by atoms with van der Waals surface area (Å²) in [6, 6.07) is 8.11. The molecule has 4 heteroatoms. The summed E-state index contributed by atoms with van der Waals surface area (Å²) in [5.41, 5.74) is 8.24. The van der Waals surface area contributed by atoms with Crippen molar-refractivity contribution < 1.29 is 0 Å². The van der Waals surface area contributed by atoms with Crippen LogP contribution in [0.15, 0.2) is 28.7 Å². The van der Waals surface area contributed by atoms with Gasteiger partial charge in [-0.05, 0) is 18.6 Å². The van der Waals surface area contributed by atoms with Gasteiger partial charge in [-0.2, -0.15) is 0 Å². The highest BCUT2D eigenvalue weighted by molar-refractivity contribution is 9.10. The second-order valence-electron chi connectivity index (χ2n) is 5.02. The Morgan fingerprint density at radius 3 is 2.68 bits per heavy atom. The van der Waals surface area contributed by atoms with Gasteiger partial charge in [-0.3, -0.25) is 0 Å². The predicted octanol–water partition coefficient (Wildman–Crippen LogP) is 4.43. The van der Waals surface area contributed by atoms with Crippen molar-refractivity contribution in [1.29, 1.82) is 0 Å². The molecule has 0 aliphatic rings. The Labute approximate surface area is 123 Å². The first-order valence-electron chi connectivity index (χ1n) is 6.66. The van der Waals surface area contributed by atoms with Crippen LogP contribution in [0.5, 0.6) is 0 Å². The Hall–Kier alpha value is -1.29. The second-order valence-corrected chi connectivity index (χ2v) is 5.94. The summed E-state index contributed by atoms with van der Waals surface area (Å²) < 4.78 is 3.18. The van der Waals surface area contributed by atoms with E-state index < -0.39 is 0 Å². The smallest absolute Gasteiger partial charge is 0.131 e. The Balaban J connectivity index is 2.55. The van der Waals surface area contributed by atoms with E-state index in [9.17, 15) is 0 Å². The van der Waals surface area contributed by atoms with Gasteiger partial charge in [0.15, 0.2) is 0 Å². The molecule has 1 aromatic carbocycles. The molecule has 0 fully saturated rings. The Kier molecular flexibility index (Phi) is 4.30. The number of rotatable bonds is 4. The maximum Gasteiger partial charge on any atom is 0.131 e. The van der Waals surface area contributed by atoms with Crippen LogP contribution in [-0.2, 0) is 6.54 Å². The van der Waals surface area contributed by atoms with Gasteiger partial charge in [-0.25, -0.2) is 4.98 Å². The van der Waals surface area contributed by atoms with Crippen molar-refractivity contribution in [2.24, 2.45) is 0 Å². The van der Waals surface area contributed by atoms with Gasteiger partial charge in [0.25, 0.3) is 0 Å². The first kappa shape index (κ1) is 14.1. The average Bonchev–Trinajstić information content (AvgIpc) is 2.68. The molecule has 0 bridgehead atoms. The van der Waals surface area contributed by atoms with E-state index >= 15 is 0 Å². The predicted molar refractivity (Wildman–Crippen MR) is 84.2 cm³/mol. The number of aromatic nitrogens is 2. The quantitative estimate of drug-likeness (QED) is 0.905. The largest absolute Gasteiger partial charge is 0.383 e. The summed E-state index contributed by atoms with van der Waals surface area (Å²) in [6.45, 7) is 7.37. The third-order valence-electron chi connectivity index (χ3n) is 3.10. The van der Waals surface area contributed by atoms with Crippen LogP contribution in [0.4, 0.5) is 5.82 Å². The highest BCUT2D eigenvalue weighted by atomic mass is 79.9. The van der Waals surface area contributed by atoms with Gasteiger partial charge in [0.2, 0.25) is 0 Å². The van der Waals surface area contributed by atoms with Gasteiger partial charge in [0.05, 0.1) is 0 Å². The van der Waals surface area contributed by atoms with Gasteiger partial charge < -0.3 is 10.3 Å². The molecule has 1 heterocycles. The van der Waals surface area contributed by atoms with E-state index in [-0.39, 0.29) is 0 Å². The Morgan fingerprint density at radius 2 is 2.11 bits per heavy atom. The van der Waals surface area contributed by atoms with Crippen LogP contribution >= 0.6 is 15.9 Å². The number of nitrogen functional groups attached to an aromatic ring is 1. The highest BCUT2D eigenvalue weighted by Crippen LogP contribution is 2.30. The molecule has 0 aliphatic heterocycles. The third-order valence-corrected chi connectivity index (χ3v) is 3.59. The molecule has 0 saturated heterocycles. The average molecular weight is 322 g/mol. The SMILES string of the molecule is CCCn1c(C(C)C)nc(-c2cccc(Br)c2)c1N. The van der Waals surface area contributed by atoms with Crippen LogP contribution in [0.1, 0.15) is 38.9 Å². The molecular formula is C15H20BrN3. The lowest BCUT2D eigenvalue weighted by molar-refractivity contribution is 0.616. The highest BCUT2D eigenvalue weighted by Gasteiger charge is 2.17. The molecule has 3 nitrogen and oxygen atoms in total. The van der Waals surface area contributed by atoms with Crippen molar-refractivity contribution in [2.45, 2.75) is 39.7 Å². The molecule has 1 aromatic heterocycles. The summed E-state index contributed by atoms with van der Waals surface area (Å²) in [7, 11) is 0. The summed E-state index contributed by atoms with van der Waals surface area (Å²) in [4.78, 5) is 4.76. The lowest BCUT2D eigenvalue weighted by atomic mass is 10.1. The maximum absolute atomic E-state index is 6.30. The summed E-state index contributed by atoms with van der Waals surface area (Å²) >= 11 is 3.49. The zero-order chi connectivity index (χ0) is 14.0. The number of imidazole rings is 1. The van der Waals surface area contributed by atoms with Gasteiger partial charge in [-0.1, -0.05) is 48.8 Å². The first-order valence-corrected chi connectivity index (χ1v) is 7.45. The monoisotopic (exact) mass is 321 g/mol. The number of nitrogens with two attached hydrogens (primary N) is 1. The Morgan fingerprint density at radius 1 is 1.37 bits per heavy atom. The van der Waals surface area contributed by atoms with Crippen molar-refractivity contribution >= 4 is 21.7 Å². The van der Waals surface area contributed by atoms with Crippen molar-refractivity contribution in [3.63, 3.8) is 0 Å². The second kappa shape index (κ2) is 5.78. The van der Waals surface area contributed by atoms with Crippen molar-refractivity contribution in [3.8, 4) is 11.3 Å². The molecule has 2 rings (SSSR count). The van der Waals surface area contributed by atoms with Gasteiger partial charge >= 0.3 is 0 Å². The normalized spacial score (nSPS) is 11.2. The number of benzene rings is 1. The lowest BCUT2D eigenvalue weighted by Crippen LogP contribution is -2.08. The molecule has 19 heavy (non-hydrogen) atoms. The molecule has 2 aromatic rings. The van der Waals surface area contributed by atoms with E-state index in [1.54, 1.807) is 0 Å². The fourth-order valence-corrected chi connectivity index (χ4v) is 2.63. The van der Waals surface area contributed by atoms with Gasteiger partial charge in [0.1, 0.15) is 17.3 Å². The topological polar surface area (TPSA) is 43.8 Å². The molecule has 0 radical (unpaired) electrons. The van der Waals surface area contributed by atoms with Gasteiger partial charge in [-0.15, -0.1) is 0 Å².